The van der Waals surface area contributed by atoms with Crippen molar-refractivity contribution in [2.45, 2.75) is 32.9 Å². The van der Waals surface area contributed by atoms with Crippen LogP contribution < -0.4 is 11.2 Å². The van der Waals surface area contributed by atoms with Crippen molar-refractivity contribution in [1.82, 2.24) is 14.3 Å². The molecular formula is C20H21N3O2. The third-order valence-electron chi connectivity index (χ3n) is 4.05. The van der Waals surface area contributed by atoms with Crippen molar-refractivity contribution in [3.63, 3.8) is 0 Å². The molecule has 0 bridgehead atoms. The van der Waals surface area contributed by atoms with Gasteiger partial charge in [-0.25, -0.2) is 9.48 Å². The highest BCUT2D eigenvalue weighted by Gasteiger charge is 2.16. The minimum atomic E-state index is -0.387. The fourth-order valence-electron chi connectivity index (χ4n) is 2.71. The second kappa shape index (κ2) is 7.30. The molecule has 0 atom stereocenters. The van der Waals surface area contributed by atoms with Gasteiger partial charge in [-0.2, -0.15) is 5.10 Å². The van der Waals surface area contributed by atoms with E-state index in [1.165, 1.54) is 9.25 Å². The summed E-state index contributed by atoms with van der Waals surface area (Å²) in [5, 5.41) is 4.34. The van der Waals surface area contributed by atoms with E-state index in [1.807, 2.05) is 74.5 Å². The molecular weight excluding hydrogens is 314 g/mol. The minimum absolute atomic E-state index is 0.0582. The maximum Gasteiger partial charge on any atom is 0.348 e. The first kappa shape index (κ1) is 16.9. The van der Waals surface area contributed by atoms with Gasteiger partial charge >= 0.3 is 5.69 Å². The van der Waals surface area contributed by atoms with E-state index in [-0.39, 0.29) is 23.7 Å². The summed E-state index contributed by atoms with van der Waals surface area (Å²) >= 11 is 0. The summed E-state index contributed by atoms with van der Waals surface area (Å²) in [7, 11) is 0. The third-order valence-corrected chi connectivity index (χ3v) is 4.05. The van der Waals surface area contributed by atoms with Crippen LogP contribution in [0.3, 0.4) is 0 Å². The van der Waals surface area contributed by atoms with Crippen LogP contribution in [0.15, 0.2) is 70.3 Å². The summed E-state index contributed by atoms with van der Waals surface area (Å²) in [4.78, 5) is 25.6. The quantitative estimate of drug-likeness (QED) is 0.720. The van der Waals surface area contributed by atoms with Crippen molar-refractivity contribution in [3.8, 4) is 0 Å². The Balaban J connectivity index is 2.10. The Hall–Kier alpha value is -2.95. The van der Waals surface area contributed by atoms with Gasteiger partial charge in [0.25, 0.3) is 5.56 Å². The lowest BCUT2D eigenvalue weighted by molar-refractivity contribution is 0.513. The first-order valence-electron chi connectivity index (χ1n) is 8.36. The number of rotatable bonds is 5. The zero-order chi connectivity index (χ0) is 17.8. The Morgan fingerprint density at radius 2 is 1.36 bits per heavy atom. The van der Waals surface area contributed by atoms with Gasteiger partial charge < -0.3 is 0 Å². The van der Waals surface area contributed by atoms with Gasteiger partial charge in [-0.05, 0) is 11.1 Å². The zero-order valence-corrected chi connectivity index (χ0v) is 14.4. The van der Waals surface area contributed by atoms with Crippen molar-refractivity contribution >= 4 is 0 Å². The van der Waals surface area contributed by atoms with Crippen molar-refractivity contribution < 1.29 is 0 Å². The third kappa shape index (κ3) is 3.76. The summed E-state index contributed by atoms with van der Waals surface area (Å²) in [5.74, 6) is -0.0582. The van der Waals surface area contributed by atoms with Crippen LogP contribution in [0.5, 0.6) is 0 Å². The monoisotopic (exact) mass is 335 g/mol. The molecule has 128 valence electrons. The summed E-state index contributed by atoms with van der Waals surface area (Å²) < 4.78 is 2.66. The van der Waals surface area contributed by atoms with Crippen molar-refractivity contribution in [1.29, 1.82) is 0 Å². The van der Waals surface area contributed by atoms with Gasteiger partial charge in [0, 0.05) is 5.92 Å². The Bertz CT molecular complexity index is 958. The Labute approximate surface area is 146 Å². The Morgan fingerprint density at radius 3 is 1.88 bits per heavy atom. The largest absolute Gasteiger partial charge is 0.348 e. The second-order valence-corrected chi connectivity index (χ2v) is 6.34. The normalized spacial score (nSPS) is 11.0. The van der Waals surface area contributed by atoms with Crippen LogP contribution in [-0.2, 0) is 13.1 Å². The molecule has 5 nitrogen and oxygen atoms in total. The lowest BCUT2D eigenvalue weighted by atomic mass is 10.1. The predicted octanol–water partition coefficient (Wildman–Crippen LogP) is 2.63. The van der Waals surface area contributed by atoms with Gasteiger partial charge in [0.2, 0.25) is 0 Å². The van der Waals surface area contributed by atoms with E-state index in [0.29, 0.717) is 12.2 Å². The summed E-state index contributed by atoms with van der Waals surface area (Å²) in [6, 6.07) is 19.2. The SMILES string of the molecule is CC(C)c1nn(Cc2ccccc2)c(=O)n(Cc2ccccc2)c1=O. The molecule has 0 aliphatic rings. The Morgan fingerprint density at radius 1 is 0.840 bits per heavy atom. The van der Waals surface area contributed by atoms with Crippen LogP contribution in [0, 0.1) is 0 Å². The van der Waals surface area contributed by atoms with Crippen molar-refractivity contribution in [2.24, 2.45) is 0 Å². The van der Waals surface area contributed by atoms with E-state index in [9.17, 15) is 9.59 Å². The van der Waals surface area contributed by atoms with Crippen molar-refractivity contribution in [2.75, 3.05) is 0 Å². The first-order valence-corrected chi connectivity index (χ1v) is 8.36. The van der Waals surface area contributed by atoms with E-state index in [4.69, 9.17) is 0 Å². The molecule has 0 N–H and O–H groups in total. The molecule has 2 aromatic carbocycles. The number of aromatic nitrogens is 3. The molecule has 0 radical (unpaired) electrons. The van der Waals surface area contributed by atoms with E-state index in [0.717, 1.165) is 11.1 Å². The molecule has 1 heterocycles. The lowest BCUT2D eigenvalue weighted by Gasteiger charge is -2.13. The molecule has 0 amide bonds. The van der Waals surface area contributed by atoms with Crippen LogP contribution in [-0.4, -0.2) is 14.3 Å². The minimum Gasteiger partial charge on any atom is -0.267 e. The summed E-state index contributed by atoms with van der Waals surface area (Å²) in [5.41, 5.74) is 1.59. The number of nitrogens with zero attached hydrogens (tertiary/aromatic N) is 3. The van der Waals surface area contributed by atoms with Crippen LogP contribution in [0.1, 0.15) is 36.6 Å². The molecule has 3 rings (SSSR count). The maximum absolute atomic E-state index is 12.8. The van der Waals surface area contributed by atoms with E-state index in [1.54, 1.807) is 0 Å². The molecule has 0 aliphatic carbocycles. The zero-order valence-electron chi connectivity index (χ0n) is 14.4. The molecule has 0 spiro atoms. The van der Waals surface area contributed by atoms with E-state index < -0.39 is 0 Å². The smallest absolute Gasteiger partial charge is 0.267 e. The molecule has 25 heavy (non-hydrogen) atoms. The molecule has 0 aliphatic heterocycles. The van der Waals surface area contributed by atoms with Gasteiger partial charge in [0.1, 0.15) is 5.69 Å². The standard InChI is InChI=1S/C20H21N3O2/c1-15(2)18-19(24)22(13-16-9-5-3-6-10-16)20(25)23(21-18)14-17-11-7-4-8-12-17/h3-12,15H,13-14H2,1-2H3. The predicted molar refractivity (Wildman–Crippen MR) is 97.9 cm³/mol. The topological polar surface area (TPSA) is 56.9 Å². The molecule has 5 heteroatoms. The fraction of sp³-hybridized carbons (Fsp3) is 0.250. The number of hydrogen-bond donors (Lipinski definition) is 0. The molecule has 0 fully saturated rings. The number of hydrogen-bond acceptors (Lipinski definition) is 3. The number of benzene rings is 2. The van der Waals surface area contributed by atoms with Gasteiger partial charge in [-0.15, -0.1) is 0 Å². The highest BCUT2D eigenvalue weighted by atomic mass is 16.2. The van der Waals surface area contributed by atoms with Crippen LogP contribution in [0.4, 0.5) is 0 Å². The first-order chi connectivity index (χ1) is 12.1. The van der Waals surface area contributed by atoms with Crippen LogP contribution in [0.25, 0.3) is 0 Å². The van der Waals surface area contributed by atoms with Gasteiger partial charge in [-0.3, -0.25) is 9.36 Å². The highest BCUT2D eigenvalue weighted by molar-refractivity contribution is 5.17. The van der Waals surface area contributed by atoms with Gasteiger partial charge in [-0.1, -0.05) is 74.5 Å². The average molecular weight is 335 g/mol. The fourth-order valence-corrected chi connectivity index (χ4v) is 2.71. The Kier molecular flexibility index (Phi) is 4.93. The molecule has 1 aromatic heterocycles. The second-order valence-electron chi connectivity index (χ2n) is 6.34. The van der Waals surface area contributed by atoms with Crippen molar-refractivity contribution in [3.05, 3.63) is 98.3 Å². The maximum atomic E-state index is 12.8. The molecule has 0 saturated carbocycles. The van der Waals surface area contributed by atoms with Gasteiger partial charge in [0.15, 0.2) is 0 Å². The summed E-state index contributed by atoms with van der Waals surface area (Å²) in [6.07, 6.45) is 0. The van der Waals surface area contributed by atoms with E-state index >= 15 is 0 Å². The van der Waals surface area contributed by atoms with Gasteiger partial charge in [0.05, 0.1) is 13.1 Å². The molecule has 0 saturated heterocycles. The van der Waals surface area contributed by atoms with Crippen LogP contribution in [0.2, 0.25) is 0 Å². The van der Waals surface area contributed by atoms with Crippen LogP contribution >= 0.6 is 0 Å². The molecule has 0 unspecified atom stereocenters. The van der Waals surface area contributed by atoms with E-state index in [2.05, 4.69) is 5.10 Å². The lowest BCUT2D eigenvalue weighted by Crippen LogP contribution is -2.44. The average Bonchev–Trinajstić information content (AvgIpc) is 2.62. The molecule has 3 aromatic rings. The highest BCUT2D eigenvalue weighted by Crippen LogP contribution is 2.07. The summed E-state index contributed by atoms with van der Waals surface area (Å²) in [6.45, 7) is 4.41.